The van der Waals surface area contributed by atoms with Crippen molar-refractivity contribution in [1.82, 2.24) is 0 Å². The standard InChI is InChI=1S/C22H14Cl2FNO3/c1-20-14(10-17(23)24)18(20)22(20)19(27)29-21(22,11-26)12-7-8-15(25)16(9-12)28-13-5-3-2-4-6-13/h2-10,14,18H,1H3/t14?,18-,20?,21?,22?/m0/s1. The molecule has 4 nitrogen and oxygen atoms in total. The summed E-state index contributed by atoms with van der Waals surface area (Å²) in [6, 6.07) is 15.0. The largest absolute Gasteiger partial charge is 0.454 e. The smallest absolute Gasteiger partial charge is 0.320 e. The van der Waals surface area contributed by atoms with E-state index in [2.05, 4.69) is 6.07 Å². The molecule has 1 spiro atoms. The maximum Gasteiger partial charge on any atom is 0.320 e. The third-order valence-corrected chi connectivity index (χ3v) is 6.97. The number of nitriles is 1. The summed E-state index contributed by atoms with van der Waals surface area (Å²) in [6.45, 7) is 1.92. The average Bonchev–Trinajstić information content (AvgIpc) is 3.51. The molecular weight excluding hydrogens is 416 g/mol. The zero-order valence-electron chi connectivity index (χ0n) is 15.2. The molecule has 2 aliphatic carbocycles. The summed E-state index contributed by atoms with van der Waals surface area (Å²) in [4.78, 5) is 12.5. The Morgan fingerprint density at radius 2 is 1.97 bits per heavy atom. The number of ether oxygens (including phenoxy) is 2. The number of rotatable bonds is 4. The van der Waals surface area contributed by atoms with Gasteiger partial charge in [-0.25, -0.2) is 4.39 Å². The van der Waals surface area contributed by atoms with Crippen molar-refractivity contribution in [2.24, 2.45) is 22.7 Å². The van der Waals surface area contributed by atoms with E-state index in [1.165, 1.54) is 18.2 Å². The van der Waals surface area contributed by atoms with Gasteiger partial charge in [0.1, 0.15) is 21.7 Å². The van der Waals surface area contributed by atoms with Gasteiger partial charge in [-0.1, -0.05) is 60.5 Å². The molecule has 5 rings (SSSR count). The van der Waals surface area contributed by atoms with E-state index in [0.717, 1.165) is 0 Å². The SMILES string of the molecule is CC12C(C=C(Cl)Cl)[C@@H]1C21C(=O)OC1(C#N)c1ccc(F)c(Oc2ccccc2)c1. The number of benzene rings is 2. The van der Waals surface area contributed by atoms with Crippen LogP contribution in [0.4, 0.5) is 4.39 Å². The second-order valence-electron chi connectivity index (χ2n) is 7.79. The van der Waals surface area contributed by atoms with Crippen molar-refractivity contribution in [1.29, 1.82) is 5.26 Å². The Kier molecular flexibility index (Phi) is 3.66. The Hall–Kier alpha value is -2.55. The van der Waals surface area contributed by atoms with Crippen LogP contribution in [0.2, 0.25) is 0 Å². The van der Waals surface area contributed by atoms with Crippen molar-refractivity contribution in [2.75, 3.05) is 0 Å². The predicted molar refractivity (Wildman–Crippen MR) is 104 cm³/mol. The number of carbonyl (C=O) groups is 1. The minimum absolute atomic E-state index is 0.00793. The van der Waals surface area contributed by atoms with E-state index >= 15 is 0 Å². The van der Waals surface area contributed by atoms with E-state index in [0.29, 0.717) is 11.3 Å². The van der Waals surface area contributed by atoms with Crippen molar-refractivity contribution >= 4 is 29.2 Å². The van der Waals surface area contributed by atoms with E-state index in [4.69, 9.17) is 32.7 Å². The van der Waals surface area contributed by atoms with E-state index in [9.17, 15) is 14.4 Å². The van der Waals surface area contributed by atoms with Gasteiger partial charge in [0.25, 0.3) is 0 Å². The molecule has 7 heteroatoms. The van der Waals surface area contributed by atoms with Crippen molar-refractivity contribution < 1.29 is 18.7 Å². The molecule has 146 valence electrons. The third-order valence-electron chi connectivity index (χ3n) is 6.72. The molecule has 3 fully saturated rings. The van der Waals surface area contributed by atoms with Gasteiger partial charge < -0.3 is 9.47 Å². The van der Waals surface area contributed by atoms with Crippen LogP contribution in [0.15, 0.2) is 59.1 Å². The molecule has 5 atom stereocenters. The van der Waals surface area contributed by atoms with Crippen LogP contribution < -0.4 is 4.74 Å². The van der Waals surface area contributed by atoms with E-state index in [1.807, 2.05) is 13.0 Å². The Labute approximate surface area is 176 Å². The van der Waals surface area contributed by atoms with E-state index < -0.39 is 28.2 Å². The lowest BCUT2D eigenvalue weighted by Gasteiger charge is -2.49. The highest BCUT2D eigenvalue weighted by atomic mass is 35.5. The van der Waals surface area contributed by atoms with Crippen LogP contribution in [-0.2, 0) is 15.1 Å². The fraction of sp³-hybridized carbons (Fsp3) is 0.273. The quantitative estimate of drug-likeness (QED) is 0.604. The number of nitrogens with zero attached hydrogens (tertiary/aromatic N) is 1. The zero-order valence-corrected chi connectivity index (χ0v) is 16.7. The lowest BCUT2D eigenvalue weighted by Crippen LogP contribution is -2.62. The molecule has 0 bridgehead atoms. The number of hydrogen-bond donors (Lipinski definition) is 0. The number of esters is 1. The maximum absolute atomic E-state index is 14.4. The number of halogens is 3. The minimum Gasteiger partial charge on any atom is -0.454 e. The Balaban J connectivity index is 1.53. The minimum atomic E-state index is -1.49. The molecule has 2 aromatic rings. The molecule has 0 amide bonds. The van der Waals surface area contributed by atoms with Crippen LogP contribution in [-0.4, -0.2) is 5.97 Å². The third kappa shape index (κ3) is 2.06. The normalized spacial score (nSPS) is 35.6. The number of hydrogen-bond acceptors (Lipinski definition) is 4. The number of cyclic esters (lactones) is 1. The zero-order chi connectivity index (χ0) is 20.6. The van der Waals surface area contributed by atoms with Crippen molar-refractivity contribution in [2.45, 2.75) is 12.5 Å². The van der Waals surface area contributed by atoms with Crippen LogP contribution in [0.25, 0.3) is 0 Å². The van der Waals surface area contributed by atoms with Crippen molar-refractivity contribution in [3.05, 3.63) is 70.5 Å². The molecule has 1 aliphatic heterocycles. The first-order valence-electron chi connectivity index (χ1n) is 9.03. The van der Waals surface area contributed by atoms with Gasteiger partial charge in [-0.3, -0.25) is 4.79 Å². The van der Waals surface area contributed by atoms with Gasteiger partial charge in [0.05, 0.1) is 0 Å². The van der Waals surface area contributed by atoms with Crippen LogP contribution in [0.5, 0.6) is 11.5 Å². The summed E-state index contributed by atoms with van der Waals surface area (Å²) in [7, 11) is 0. The monoisotopic (exact) mass is 429 g/mol. The average molecular weight is 430 g/mol. The summed E-state index contributed by atoms with van der Waals surface area (Å²) >= 11 is 11.6. The molecule has 4 unspecified atom stereocenters. The summed E-state index contributed by atoms with van der Waals surface area (Å²) in [5, 5.41) is 10.0. The van der Waals surface area contributed by atoms with Crippen LogP contribution in [0, 0.1) is 39.8 Å². The molecule has 0 radical (unpaired) electrons. The lowest BCUT2D eigenvalue weighted by molar-refractivity contribution is -0.225. The molecule has 1 saturated heterocycles. The van der Waals surface area contributed by atoms with Gasteiger partial charge >= 0.3 is 5.97 Å². The topological polar surface area (TPSA) is 59.3 Å². The molecule has 2 aromatic carbocycles. The van der Waals surface area contributed by atoms with Gasteiger partial charge in [-0.2, -0.15) is 5.26 Å². The Bertz CT molecular complexity index is 1130. The fourth-order valence-electron chi connectivity index (χ4n) is 5.28. The Morgan fingerprint density at radius 3 is 2.55 bits per heavy atom. The molecular formula is C22H14Cl2FNO3. The Morgan fingerprint density at radius 1 is 1.28 bits per heavy atom. The van der Waals surface area contributed by atoms with Gasteiger partial charge in [0.15, 0.2) is 11.6 Å². The van der Waals surface area contributed by atoms with E-state index in [1.54, 1.807) is 30.3 Å². The molecule has 0 N–H and O–H groups in total. The first kappa shape index (κ1) is 18.5. The highest BCUT2D eigenvalue weighted by molar-refractivity contribution is 6.55. The van der Waals surface area contributed by atoms with E-state index in [-0.39, 0.29) is 22.1 Å². The summed E-state index contributed by atoms with van der Waals surface area (Å²) in [5.74, 6) is -0.663. The predicted octanol–water partition coefficient (Wildman–Crippen LogP) is 5.46. The lowest BCUT2D eigenvalue weighted by atomic mass is 9.63. The first-order valence-corrected chi connectivity index (χ1v) is 9.79. The van der Waals surface area contributed by atoms with Crippen LogP contribution >= 0.6 is 23.2 Å². The number of fused-ring (bicyclic) bond motifs is 3. The van der Waals surface area contributed by atoms with Gasteiger partial charge in [-0.15, -0.1) is 0 Å². The molecule has 2 saturated carbocycles. The maximum atomic E-state index is 14.4. The van der Waals surface area contributed by atoms with Gasteiger partial charge in [0, 0.05) is 11.0 Å². The van der Waals surface area contributed by atoms with Gasteiger partial charge in [0.2, 0.25) is 5.60 Å². The number of carbonyl (C=O) groups excluding carboxylic acids is 1. The van der Waals surface area contributed by atoms with Crippen molar-refractivity contribution in [3.8, 4) is 17.6 Å². The number of para-hydroxylation sites is 1. The van der Waals surface area contributed by atoms with Gasteiger partial charge in [-0.05, 0) is 36.1 Å². The van der Waals surface area contributed by atoms with Crippen molar-refractivity contribution in [3.63, 3.8) is 0 Å². The summed E-state index contributed by atoms with van der Waals surface area (Å²) in [5.41, 5.74) is -2.53. The molecule has 1 heterocycles. The molecule has 3 aliphatic rings. The second kappa shape index (κ2) is 5.75. The first-order chi connectivity index (χ1) is 13.8. The fourth-order valence-corrected chi connectivity index (χ4v) is 5.56. The van der Waals surface area contributed by atoms with Crippen LogP contribution in [0.1, 0.15) is 12.5 Å². The number of allylic oxidation sites excluding steroid dienone is 1. The van der Waals surface area contributed by atoms with Crippen LogP contribution in [0.3, 0.4) is 0 Å². The summed E-state index contributed by atoms with van der Waals surface area (Å²) in [6.07, 6.45) is 1.70. The highest BCUT2D eigenvalue weighted by Gasteiger charge is 3.05. The second-order valence-corrected chi connectivity index (χ2v) is 8.80. The molecule has 29 heavy (non-hydrogen) atoms. The molecule has 0 aromatic heterocycles. The summed E-state index contributed by atoms with van der Waals surface area (Å²) < 4.78 is 25.6. The highest BCUT2D eigenvalue weighted by Crippen LogP contribution is 2.98.